The normalized spacial score (nSPS) is 8.91. The third kappa shape index (κ3) is 3.82. The summed E-state index contributed by atoms with van der Waals surface area (Å²) in [4.78, 5) is 3.86. The smallest absolute Gasteiger partial charge is 0.141 e. The van der Waals surface area contributed by atoms with Crippen molar-refractivity contribution >= 4 is 32.9 Å². The minimum absolute atomic E-state index is 0. The minimum Gasteiger partial charge on any atom is -0.258 e. The summed E-state index contributed by atoms with van der Waals surface area (Å²) in [6, 6.07) is 3.11. The fourth-order valence-corrected chi connectivity index (χ4v) is 1.06. The largest absolute Gasteiger partial charge is 0.258 e. The quantitative estimate of drug-likeness (QED) is 0.761. The molecule has 0 atom stereocenters. The van der Waals surface area contributed by atoms with E-state index in [1.807, 2.05) is 0 Å². The topological polar surface area (TPSA) is 12.9 Å². The molecule has 0 fully saturated rings. The third-order valence-electron chi connectivity index (χ3n) is 1.14. The molecule has 0 N–H and O–H groups in total. The lowest BCUT2D eigenvalue weighted by molar-refractivity contribution is 0.619. The second-order valence-corrected chi connectivity index (χ2v) is 2.70. The summed E-state index contributed by atoms with van der Waals surface area (Å²) in [7, 11) is 0. The molecule has 0 aliphatic rings. The van der Waals surface area contributed by atoms with Crippen LogP contribution in [-0.4, -0.2) is 10.3 Å². The van der Waals surface area contributed by atoms with E-state index >= 15 is 0 Å². The van der Waals surface area contributed by atoms with Gasteiger partial charge in [-0.2, -0.15) is 0 Å². The number of alkyl halides is 1. The Balaban J connectivity index is 0.000001000. The summed E-state index contributed by atoms with van der Waals surface area (Å²) in [5.41, 5.74) is 0.915. The molecule has 0 aliphatic heterocycles. The predicted molar refractivity (Wildman–Crippen MR) is 52.0 cm³/mol. The molecule has 0 saturated heterocycles. The molecule has 0 spiro atoms. The molecule has 4 heteroatoms. The standard InChI is InChI=1S/C7H7BrFN.BrH/c8-4-3-7-2-1-6(9)5-10-7;/h1-2,5H,3-4H2;1H. The Kier molecular flexibility index (Phi) is 5.68. The van der Waals surface area contributed by atoms with Crippen LogP contribution in [0.5, 0.6) is 0 Å². The zero-order valence-corrected chi connectivity index (χ0v) is 9.06. The summed E-state index contributed by atoms with van der Waals surface area (Å²) >= 11 is 3.27. The van der Waals surface area contributed by atoms with Gasteiger partial charge in [0.15, 0.2) is 0 Å². The van der Waals surface area contributed by atoms with Crippen molar-refractivity contribution in [2.75, 3.05) is 5.33 Å². The number of aromatic nitrogens is 1. The first kappa shape index (κ1) is 11.0. The van der Waals surface area contributed by atoms with E-state index < -0.39 is 0 Å². The van der Waals surface area contributed by atoms with Crippen LogP contribution in [0.1, 0.15) is 5.69 Å². The van der Waals surface area contributed by atoms with Crippen molar-refractivity contribution in [3.05, 3.63) is 29.8 Å². The maximum Gasteiger partial charge on any atom is 0.141 e. The monoisotopic (exact) mass is 283 g/mol. The van der Waals surface area contributed by atoms with Crippen LogP contribution < -0.4 is 0 Å². The van der Waals surface area contributed by atoms with Gasteiger partial charge in [-0.3, -0.25) is 4.98 Å². The Morgan fingerprint density at radius 1 is 1.45 bits per heavy atom. The van der Waals surface area contributed by atoms with Crippen molar-refractivity contribution < 1.29 is 4.39 Å². The van der Waals surface area contributed by atoms with Gasteiger partial charge in [0.05, 0.1) is 6.20 Å². The van der Waals surface area contributed by atoms with E-state index in [0.717, 1.165) is 17.4 Å². The van der Waals surface area contributed by atoms with Crippen molar-refractivity contribution in [3.63, 3.8) is 0 Å². The van der Waals surface area contributed by atoms with Gasteiger partial charge in [0.1, 0.15) is 5.82 Å². The van der Waals surface area contributed by atoms with Gasteiger partial charge in [-0.1, -0.05) is 15.9 Å². The van der Waals surface area contributed by atoms with Gasteiger partial charge in [-0.25, -0.2) is 4.39 Å². The Bertz CT molecular complexity index is 200. The Morgan fingerprint density at radius 2 is 2.18 bits per heavy atom. The molecule has 1 rings (SSSR count). The van der Waals surface area contributed by atoms with E-state index in [1.165, 1.54) is 12.3 Å². The van der Waals surface area contributed by atoms with Crippen LogP contribution in [-0.2, 0) is 6.42 Å². The van der Waals surface area contributed by atoms with Crippen LogP contribution in [0.15, 0.2) is 18.3 Å². The average Bonchev–Trinajstić information content (AvgIpc) is 1.95. The molecule has 1 aromatic rings. The number of aryl methyl sites for hydroxylation is 1. The van der Waals surface area contributed by atoms with E-state index in [1.54, 1.807) is 6.07 Å². The zero-order chi connectivity index (χ0) is 7.40. The van der Waals surface area contributed by atoms with Gasteiger partial charge in [-0.15, -0.1) is 17.0 Å². The van der Waals surface area contributed by atoms with Crippen molar-refractivity contribution in [1.29, 1.82) is 0 Å². The Hall–Kier alpha value is 0.0400. The van der Waals surface area contributed by atoms with E-state index in [-0.39, 0.29) is 22.8 Å². The number of hydrogen-bond acceptors (Lipinski definition) is 1. The lowest BCUT2D eigenvalue weighted by atomic mass is 10.3. The first-order valence-corrected chi connectivity index (χ1v) is 4.11. The van der Waals surface area contributed by atoms with Crippen molar-refractivity contribution in [2.24, 2.45) is 0 Å². The number of rotatable bonds is 2. The highest BCUT2D eigenvalue weighted by molar-refractivity contribution is 9.09. The molecule has 1 nitrogen and oxygen atoms in total. The van der Waals surface area contributed by atoms with Crippen LogP contribution in [0.2, 0.25) is 0 Å². The first-order chi connectivity index (χ1) is 4.83. The summed E-state index contributed by atoms with van der Waals surface area (Å²) in [5, 5.41) is 0.867. The van der Waals surface area contributed by atoms with Crippen molar-refractivity contribution in [3.8, 4) is 0 Å². The molecule has 0 unspecified atom stereocenters. The zero-order valence-electron chi connectivity index (χ0n) is 5.76. The van der Waals surface area contributed by atoms with E-state index in [2.05, 4.69) is 20.9 Å². The van der Waals surface area contributed by atoms with E-state index in [9.17, 15) is 4.39 Å². The van der Waals surface area contributed by atoms with Gasteiger partial charge in [-0.05, 0) is 18.6 Å². The van der Waals surface area contributed by atoms with E-state index in [4.69, 9.17) is 0 Å². The molecule has 1 heterocycles. The Labute approximate surface area is 83.9 Å². The third-order valence-corrected chi connectivity index (χ3v) is 1.54. The highest BCUT2D eigenvalue weighted by Gasteiger charge is 1.92. The van der Waals surface area contributed by atoms with Crippen molar-refractivity contribution in [1.82, 2.24) is 4.98 Å². The van der Waals surface area contributed by atoms with Crippen LogP contribution in [0.25, 0.3) is 0 Å². The van der Waals surface area contributed by atoms with Gasteiger partial charge < -0.3 is 0 Å². The first-order valence-electron chi connectivity index (χ1n) is 2.99. The lowest BCUT2D eigenvalue weighted by Gasteiger charge is -1.93. The number of hydrogen-bond donors (Lipinski definition) is 0. The minimum atomic E-state index is -0.279. The summed E-state index contributed by atoms with van der Waals surface area (Å²) in [6.45, 7) is 0. The van der Waals surface area contributed by atoms with Gasteiger partial charge in [0, 0.05) is 11.0 Å². The molecular weight excluding hydrogens is 277 g/mol. The SMILES string of the molecule is Br.Fc1ccc(CCBr)nc1. The van der Waals surface area contributed by atoms with Gasteiger partial charge in [0.2, 0.25) is 0 Å². The number of pyridine rings is 1. The highest BCUT2D eigenvalue weighted by Crippen LogP contribution is 1.99. The fraction of sp³-hybridized carbons (Fsp3) is 0.286. The molecule has 1 aromatic heterocycles. The molecule has 0 aromatic carbocycles. The molecule has 0 radical (unpaired) electrons. The second-order valence-electron chi connectivity index (χ2n) is 1.91. The van der Waals surface area contributed by atoms with Gasteiger partial charge >= 0.3 is 0 Å². The van der Waals surface area contributed by atoms with Crippen LogP contribution in [0.3, 0.4) is 0 Å². The van der Waals surface area contributed by atoms with Gasteiger partial charge in [0.25, 0.3) is 0 Å². The maximum atomic E-state index is 12.3. The number of nitrogens with zero attached hydrogens (tertiary/aromatic N) is 1. The Morgan fingerprint density at radius 3 is 2.64 bits per heavy atom. The number of halogens is 3. The molecule has 0 saturated carbocycles. The van der Waals surface area contributed by atoms with Crippen LogP contribution in [0.4, 0.5) is 4.39 Å². The predicted octanol–water partition coefficient (Wildman–Crippen LogP) is 2.74. The molecule has 0 bridgehead atoms. The highest BCUT2D eigenvalue weighted by atomic mass is 79.9. The lowest BCUT2D eigenvalue weighted by Crippen LogP contribution is -1.90. The maximum absolute atomic E-state index is 12.3. The van der Waals surface area contributed by atoms with E-state index in [0.29, 0.717) is 0 Å². The molecule has 11 heavy (non-hydrogen) atoms. The average molecular weight is 285 g/mol. The molecule has 0 amide bonds. The van der Waals surface area contributed by atoms with Crippen LogP contribution in [0, 0.1) is 5.82 Å². The fourth-order valence-electron chi connectivity index (χ4n) is 0.651. The second kappa shape index (κ2) is 5.66. The van der Waals surface area contributed by atoms with Crippen LogP contribution >= 0.6 is 32.9 Å². The summed E-state index contributed by atoms with van der Waals surface area (Å²) < 4.78 is 12.3. The molecule has 0 aliphatic carbocycles. The molecule has 62 valence electrons. The summed E-state index contributed by atoms with van der Waals surface area (Å²) in [6.07, 6.45) is 2.08. The van der Waals surface area contributed by atoms with Crippen molar-refractivity contribution in [2.45, 2.75) is 6.42 Å². The summed E-state index contributed by atoms with van der Waals surface area (Å²) in [5.74, 6) is -0.279. The molecular formula is C7H8Br2FN.